The average molecular weight is 526 g/mol. The zero-order chi connectivity index (χ0) is 25.7. The quantitative estimate of drug-likeness (QED) is 0.350. The van der Waals surface area contributed by atoms with Crippen molar-refractivity contribution in [1.82, 2.24) is 4.57 Å². The van der Waals surface area contributed by atoms with Crippen LogP contribution in [-0.4, -0.2) is 38.6 Å². The third kappa shape index (κ3) is 5.64. The van der Waals surface area contributed by atoms with Crippen LogP contribution in [0.1, 0.15) is 17.3 Å². The first kappa shape index (κ1) is 25.1. The van der Waals surface area contributed by atoms with E-state index in [4.69, 9.17) is 9.47 Å². The Morgan fingerprint density at radius 2 is 1.81 bits per heavy atom. The van der Waals surface area contributed by atoms with Crippen molar-refractivity contribution >= 4 is 49.1 Å². The minimum absolute atomic E-state index is 0.104. The molecule has 0 bridgehead atoms. The molecule has 11 heteroatoms. The van der Waals surface area contributed by atoms with Gasteiger partial charge in [0.1, 0.15) is 12.3 Å². The number of nitrogens with zero attached hydrogens (tertiary/aromatic N) is 2. The molecule has 0 unspecified atom stereocenters. The van der Waals surface area contributed by atoms with Crippen LogP contribution in [0.25, 0.3) is 10.2 Å². The van der Waals surface area contributed by atoms with E-state index in [1.54, 1.807) is 67.1 Å². The molecule has 0 atom stereocenters. The average Bonchev–Trinajstić information content (AvgIpc) is 3.20. The Kier molecular flexibility index (Phi) is 7.51. The fourth-order valence-corrected chi connectivity index (χ4v) is 5.56. The number of esters is 1. The van der Waals surface area contributed by atoms with E-state index in [9.17, 15) is 18.0 Å². The Labute approximate surface area is 211 Å². The van der Waals surface area contributed by atoms with Gasteiger partial charge in [-0.1, -0.05) is 35.6 Å². The van der Waals surface area contributed by atoms with Gasteiger partial charge in [-0.15, -0.1) is 0 Å². The smallest absolute Gasteiger partial charge is 0.326 e. The molecule has 1 amide bonds. The highest BCUT2D eigenvalue weighted by Crippen LogP contribution is 2.24. The van der Waals surface area contributed by atoms with E-state index in [-0.39, 0.29) is 29.3 Å². The molecular formula is C25H23N3O6S2. The summed E-state index contributed by atoms with van der Waals surface area (Å²) in [6.45, 7) is 1.82. The highest BCUT2D eigenvalue weighted by atomic mass is 32.2. The number of sulfonamides is 1. The summed E-state index contributed by atoms with van der Waals surface area (Å²) in [5, 5.41) is 0. The van der Waals surface area contributed by atoms with Crippen molar-refractivity contribution in [3.8, 4) is 5.75 Å². The molecule has 9 nitrogen and oxygen atoms in total. The molecule has 4 aromatic rings. The number of carbonyl (C=O) groups is 2. The van der Waals surface area contributed by atoms with E-state index in [1.807, 2.05) is 0 Å². The second kappa shape index (κ2) is 10.8. The number of benzene rings is 3. The first-order chi connectivity index (χ1) is 17.3. The third-order valence-electron chi connectivity index (χ3n) is 5.09. The molecule has 4 rings (SSSR count). The number of ether oxygens (including phenoxy) is 2. The van der Waals surface area contributed by atoms with Gasteiger partial charge in [0.2, 0.25) is 0 Å². The van der Waals surface area contributed by atoms with Crippen molar-refractivity contribution in [2.75, 3.05) is 18.4 Å². The number of thiazole rings is 1. The largest absolute Gasteiger partial charge is 0.497 e. The van der Waals surface area contributed by atoms with E-state index in [0.29, 0.717) is 16.1 Å². The Balaban J connectivity index is 1.70. The van der Waals surface area contributed by atoms with Crippen LogP contribution in [0, 0.1) is 0 Å². The van der Waals surface area contributed by atoms with Crippen molar-refractivity contribution in [3.05, 3.63) is 83.2 Å². The maximum atomic E-state index is 13.1. The summed E-state index contributed by atoms with van der Waals surface area (Å²) in [6, 6.07) is 19.3. The monoisotopic (exact) mass is 525 g/mol. The lowest BCUT2D eigenvalue weighted by atomic mass is 10.2. The van der Waals surface area contributed by atoms with Crippen molar-refractivity contribution in [1.29, 1.82) is 0 Å². The minimum atomic E-state index is -3.82. The van der Waals surface area contributed by atoms with Crippen LogP contribution in [-0.2, 0) is 26.1 Å². The van der Waals surface area contributed by atoms with E-state index in [2.05, 4.69) is 9.71 Å². The van der Waals surface area contributed by atoms with Crippen LogP contribution in [0.4, 0.5) is 5.69 Å². The van der Waals surface area contributed by atoms with Crippen molar-refractivity contribution in [2.24, 2.45) is 4.99 Å². The first-order valence-corrected chi connectivity index (χ1v) is 13.2. The van der Waals surface area contributed by atoms with E-state index in [0.717, 1.165) is 4.70 Å². The first-order valence-electron chi connectivity index (χ1n) is 10.9. The summed E-state index contributed by atoms with van der Waals surface area (Å²) < 4.78 is 40.5. The van der Waals surface area contributed by atoms with Gasteiger partial charge in [-0.05, 0) is 55.5 Å². The topological polar surface area (TPSA) is 116 Å². The zero-order valence-corrected chi connectivity index (χ0v) is 21.1. The van der Waals surface area contributed by atoms with Gasteiger partial charge in [-0.25, -0.2) is 8.42 Å². The van der Waals surface area contributed by atoms with Crippen LogP contribution in [0.5, 0.6) is 5.75 Å². The van der Waals surface area contributed by atoms with Crippen LogP contribution in [0.3, 0.4) is 0 Å². The number of carbonyl (C=O) groups excluding carboxylic acids is 2. The van der Waals surface area contributed by atoms with Gasteiger partial charge in [0.25, 0.3) is 15.9 Å². The Hall–Kier alpha value is -3.96. The van der Waals surface area contributed by atoms with Crippen LogP contribution >= 0.6 is 11.3 Å². The van der Waals surface area contributed by atoms with Gasteiger partial charge < -0.3 is 14.0 Å². The Bertz CT molecular complexity index is 1590. The number of rotatable bonds is 8. The Morgan fingerprint density at radius 3 is 2.53 bits per heavy atom. The molecule has 0 aliphatic carbocycles. The molecule has 186 valence electrons. The summed E-state index contributed by atoms with van der Waals surface area (Å²) in [5.74, 6) is -0.422. The third-order valence-corrected chi connectivity index (χ3v) is 7.53. The maximum absolute atomic E-state index is 13.1. The maximum Gasteiger partial charge on any atom is 0.326 e. The van der Waals surface area contributed by atoms with Crippen molar-refractivity contribution in [2.45, 2.75) is 18.4 Å². The number of nitrogens with one attached hydrogen (secondary N) is 1. The van der Waals surface area contributed by atoms with Crippen LogP contribution < -0.4 is 14.3 Å². The zero-order valence-electron chi connectivity index (χ0n) is 19.5. The van der Waals surface area contributed by atoms with E-state index in [1.165, 1.54) is 35.6 Å². The number of hydrogen-bond acceptors (Lipinski definition) is 7. The normalized spacial score (nSPS) is 11.9. The second-order valence-corrected chi connectivity index (χ2v) is 10.2. The van der Waals surface area contributed by atoms with Gasteiger partial charge in [-0.2, -0.15) is 4.99 Å². The van der Waals surface area contributed by atoms with Gasteiger partial charge in [0.05, 0.1) is 28.8 Å². The van der Waals surface area contributed by atoms with Crippen molar-refractivity contribution in [3.63, 3.8) is 0 Å². The number of methoxy groups -OCH3 is 1. The predicted molar refractivity (Wildman–Crippen MR) is 137 cm³/mol. The summed E-state index contributed by atoms with van der Waals surface area (Å²) >= 11 is 1.22. The number of amides is 1. The fourth-order valence-electron chi connectivity index (χ4n) is 3.44. The minimum Gasteiger partial charge on any atom is -0.497 e. The number of aromatic nitrogens is 1. The molecular weight excluding hydrogens is 502 g/mol. The van der Waals surface area contributed by atoms with E-state index < -0.39 is 21.9 Å². The molecule has 1 N–H and O–H groups in total. The molecule has 0 fully saturated rings. The molecule has 3 aromatic carbocycles. The number of hydrogen-bond donors (Lipinski definition) is 1. The highest BCUT2D eigenvalue weighted by Gasteiger charge is 2.16. The molecule has 0 saturated heterocycles. The molecule has 0 aliphatic heterocycles. The lowest BCUT2D eigenvalue weighted by Crippen LogP contribution is -2.23. The summed E-state index contributed by atoms with van der Waals surface area (Å²) in [6.07, 6.45) is 0. The number of fused-ring (bicyclic) bond motifs is 1. The lowest BCUT2D eigenvalue weighted by molar-refractivity contribution is -0.143. The predicted octanol–water partition coefficient (Wildman–Crippen LogP) is 3.82. The van der Waals surface area contributed by atoms with Gasteiger partial charge >= 0.3 is 5.97 Å². The van der Waals surface area contributed by atoms with Crippen LogP contribution in [0.2, 0.25) is 0 Å². The summed E-state index contributed by atoms with van der Waals surface area (Å²) in [4.78, 5) is 29.9. The molecule has 0 spiro atoms. The standard InChI is InChI=1S/C25H23N3O6S2/c1-3-34-23(29)16-28-21-13-12-19(33-2)15-22(21)35-25(28)26-24(30)17-8-7-9-18(14-17)27-36(31,32)20-10-5-4-6-11-20/h4-15,27H,3,16H2,1-2H3. The second-order valence-electron chi connectivity index (χ2n) is 7.53. The molecule has 36 heavy (non-hydrogen) atoms. The molecule has 0 radical (unpaired) electrons. The van der Waals surface area contributed by atoms with Gasteiger partial charge in [0.15, 0.2) is 4.80 Å². The molecule has 0 saturated carbocycles. The van der Waals surface area contributed by atoms with E-state index >= 15 is 0 Å². The molecule has 0 aliphatic rings. The molecule has 1 aromatic heterocycles. The lowest BCUT2D eigenvalue weighted by Gasteiger charge is -2.08. The van der Waals surface area contributed by atoms with Crippen LogP contribution in [0.15, 0.2) is 82.7 Å². The summed E-state index contributed by atoms with van der Waals surface area (Å²) in [5.41, 5.74) is 1.10. The summed E-state index contributed by atoms with van der Waals surface area (Å²) in [7, 11) is -2.27. The van der Waals surface area contributed by atoms with Crippen molar-refractivity contribution < 1.29 is 27.5 Å². The fraction of sp³-hybridized carbons (Fsp3) is 0.160. The number of anilines is 1. The van der Waals surface area contributed by atoms with Gasteiger partial charge in [-0.3, -0.25) is 14.3 Å². The highest BCUT2D eigenvalue weighted by molar-refractivity contribution is 7.92. The SMILES string of the molecule is CCOC(=O)Cn1c(=NC(=O)c2cccc(NS(=O)(=O)c3ccccc3)c2)sc2cc(OC)ccc21. The van der Waals surface area contributed by atoms with Gasteiger partial charge in [0, 0.05) is 11.3 Å². The molecule has 1 heterocycles. The Morgan fingerprint density at radius 1 is 1.03 bits per heavy atom.